The van der Waals surface area contributed by atoms with Crippen LogP contribution in [0.5, 0.6) is 0 Å². The van der Waals surface area contributed by atoms with Gasteiger partial charge in [-0.05, 0) is 31.0 Å². The molecule has 0 spiro atoms. The normalized spacial score (nSPS) is 14.2. The number of benzene rings is 1. The van der Waals surface area contributed by atoms with Crippen LogP contribution >= 0.6 is 27.5 Å². The lowest BCUT2D eigenvalue weighted by molar-refractivity contribution is -0.114. The minimum Gasteiger partial charge on any atom is -0.305 e. The molecule has 1 amide bonds. The van der Waals surface area contributed by atoms with E-state index in [-0.39, 0.29) is 0 Å². The number of hydrogen-bond donors (Lipinski definition) is 0. The summed E-state index contributed by atoms with van der Waals surface area (Å²) in [6.45, 7) is 0.574. The third kappa shape index (κ3) is 2.59. The van der Waals surface area contributed by atoms with Crippen LogP contribution in [0.1, 0.15) is 29.6 Å². The lowest BCUT2D eigenvalue weighted by atomic mass is 10.1. The smallest absolute Gasteiger partial charge is 0.299 e. The van der Waals surface area contributed by atoms with Crippen molar-refractivity contribution in [2.45, 2.75) is 19.3 Å². The Labute approximate surface area is 119 Å². The lowest BCUT2D eigenvalue weighted by Gasteiger charge is -2.16. The largest absolute Gasteiger partial charge is 0.305 e. The number of fused-ring (bicyclic) bond motifs is 1. The maximum atomic E-state index is 11.9. The molecule has 18 heavy (non-hydrogen) atoms. The van der Waals surface area contributed by atoms with Crippen molar-refractivity contribution in [2.75, 3.05) is 17.3 Å². The van der Waals surface area contributed by atoms with Gasteiger partial charge in [0, 0.05) is 16.9 Å². The van der Waals surface area contributed by atoms with E-state index in [1.807, 2.05) is 6.07 Å². The molecule has 96 valence electrons. The SMILES string of the molecule is O=C1C(=O)N(CCCCCCl)c2cc(Br)ccc21. The molecule has 0 saturated carbocycles. The number of carbonyl (C=O) groups is 2. The van der Waals surface area contributed by atoms with Crippen molar-refractivity contribution in [3.05, 3.63) is 28.2 Å². The summed E-state index contributed by atoms with van der Waals surface area (Å²) in [5.74, 6) is -0.196. The highest BCUT2D eigenvalue weighted by Gasteiger charge is 2.35. The second kappa shape index (κ2) is 5.85. The zero-order valence-electron chi connectivity index (χ0n) is 9.79. The second-order valence-corrected chi connectivity index (χ2v) is 5.49. The summed E-state index contributed by atoms with van der Waals surface area (Å²) in [6, 6.07) is 5.29. The Hall–Kier alpha value is -0.870. The molecule has 0 N–H and O–H groups in total. The molecular weight excluding hydrogens is 318 g/mol. The first-order chi connectivity index (χ1) is 8.65. The number of anilines is 1. The highest BCUT2D eigenvalue weighted by molar-refractivity contribution is 9.10. The van der Waals surface area contributed by atoms with E-state index in [0.717, 1.165) is 23.7 Å². The van der Waals surface area contributed by atoms with Gasteiger partial charge in [0.1, 0.15) is 0 Å². The molecule has 1 heterocycles. The topological polar surface area (TPSA) is 37.4 Å². The van der Waals surface area contributed by atoms with Crippen molar-refractivity contribution >= 4 is 44.9 Å². The molecule has 3 nitrogen and oxygen atoms in total. The number of rotatable bonds is 5. The minimum atomic E-state index is -0.422. The molecule has 2 rings (SSSR count). The van der Waals surface area contributed by atoms with E-state index < -0.39 is 11.7 Å². The maximum Gasteiger partial charge on any atom is 0.299 e. The molecule has 0 aromatic heterocycles. The van der Waals surface area contributed by atoms with Crippen LogP contribution in [0, 0.1) is 0 Å². The molecule has 1 aromatic rings. The molecule has 0 saturated heterocycles. The predicted molar refractivity (Wildman–Crippen MR) is 75.4 cm³/mol. The molecular formula is C13H13BrClNO2. The van der Waals surface area contributed by atoms with Crippen molar-refractivity contribution in [3.63, 3.8) is 0 Å². The van der Waals surface area contributed by atoms with E-state index in [1.54, 1.807) is 17.0 Å². The predicted octanol–water partition coefficient (Wildman–Crippen LogP) is 3.39. The molecule has 0 aliphatic carbocycles. The Kier molecular flexibility index (Phi) is 4.40. The molecule has 0 unspecified atom stereocenters. The molecule has 0 bridgehead atoms. The van der Waals surface area contributed by atoms with Gasteiger partial charge < -0.3 is 4.90 Å². The average molecular weight is 331 g/mol. The molecule has 1 aliphatic heterocycles. The number of Topliss-reactive ketones (excluding diaryl/α,β-unsaturated/α-hetero) is 1. The second-order valence-electron chi connectivity index (χ2n) is 4.20. The maximum absolute atomic E-state index is 11.9. The standard InChI is InChI=1S/C13H13BrClNO2/c14-9-4-5-10-11(8-9)16(13(18)12(10)17)7-3-1-2-6-15/h4-5,8H,1-3,6-7H2. The van der Waals surface area contributed by atoms with Gasteiger partial charge in [-0.2, -0.15) is 0 Å². The number of carbonyl (C=O) groups excluding carboxylic acids is 2. The van der Waals surface area contributed by atoms with Crippen LogP contribution in [-0.2, 0) is 4.79 Å². The van der Waals surface area contributed by atoms with Gasteiger partial charge in [0.05, 0.1) is 11.3 Å². The van der Waals surface area contributed by atoms with Gasteiger partial charge in [0.2, 0.25) is 0 Å². The summed E-state index contributed by atoms with van der Waals surface area (Å²) in [6.07, 6.45) is 2.76. The van der Waals surface area contributed by atoms with Crippen molar-refractivity contribution in [1.29, 1.82) is 0 Å². The summed E-state index contributed by atoms with van der Waals surface area (Å²) in [4.78, 5) is 25.2. The zero-order valence-corrected chi connectivity index (χ0v) is 12.1. The molecule has 0 fully saturated rings. The van der Waals surface area contributed by atoms with E-state index in [1.165, 1.54) is 0 Å². The zero-order chi connectivity index (χ0) is 13.1. The first-order valence-corrected chi connectivity index (χ1v) is 7.19. The fraction of sp³-hybridized carbons (Fsp3) is 0.385. The average Bonchev–Trinajstić information content (AvgIpc) is 2.59. The summed E-state index contributed by atoms with van der Waals surface area (Å²) in [5.41, 5.74) is 1.21. The first kappa shape index (κ1) is 13.6. The van der Waals surface area contributed by atoms with Crippen LogP contribution in [0.4, 0.5) is 5.69 Å². The van der Waals surface area contributed by atoms with Gasteiger partial charge in [0.15, 0.2) is 0 Å². The number of alkyl halides is 1. The van der Waals surface area contributed by atoms with Crippen molar-refractivity contribution < 1.29 is 9.59 Å². The lowest BCUT2D eigenvalue weighted by Crippen LogP contribution is -2.30. The van der Waals surface area contributed by atoms with Crippen LogP contribution < -0.4 is 4.90 Å². The fourth-order valence-corrected chi connectivity index (χ4v) is 2.57. The summed E-state index contributed by atoms with van der Waals surface area (Å²) in [5, 5.41) is 0. The van der Waals surface area contributed by atoms with Gasteiger partial charge >= 0.3 is 0 Å². The molecule has 5 heteroatoms. The van der Waals surface area contributed by atoms with Gasteiger partial charge in [0.25, 0.3) is 11.7 Å². The van der Waals surface area contributed by atoms with E-state index in [9.17, 15) is 9.59 Å². The fourth-order valence-electron chi connectivity index (χ4n) is 2.03. The molecule has 1 aliphatic rings. The van der Waals surface area contributed by atoms with Crippen LogP contribution in [0.15, 0.2) is 22.7 Å². The van der Waals surface area contributed by atoms with Crippen molar-refractivity contribution in [2.24, 2.45) is 0 Å². The van der Waals surface area contributed by atoms with E-state index in [4.69, 9.17) is 11.6 Å². The number of ketones is 1. The van der Waals surface area contributed by atoms with Crippen LogP contribution in [0.3, 0.4) is 0 Å². The molecule has 0 atom stereocenters. The third-order valence-electron chi connectivity index (χ3n) is 2.95. The number of unbranched alkanes of at least 4 members (excludes halogenated alkanes) is 2. The Morgan fingerprint density at radius 3 is 2.67 bits per heavy atom. The highest BCUT2D eigenvalue weighted by Crippen LogP contribution is 2.31. The summed E-state index contributed by atoms with van der Waals surface area (Å²) in [7, 11) is 0. The number of amides is 1. The van der Waals surface area contributed by atoms with Gasteiger partial charge in [-0.25, -0.2) is 0 Å². The third-order valence-corrected chi connectivity index (χ3v) is 3.71. The molecule has 1 aromatic carbocycles. The van der Waals surface area contributed by atoms with Crippen molar-refractivity contribution in [1.82, 2.24) is 0 Å². The number of hydrogen-bond acceptors (Lipinski definition) is 2. The van der Waals surface area contributed by atoms with E-state index >= 15 is 0 Å². The van der Waals surface area contributed by atoms with Gasteiger partial charge in [-0.15, -0.1) is 11.6 Å². The first-order valence-electron chi connectivity index (χ1n) is 5.87. The van der Waals surface area contributed by atoms with Crippen LogP contribution in [0.2, 0.25) is 0 Å². The highest BCUT2D eigenvalue weighted by atomic mass is 79.9. The van der Waals surface area contributed by atoms with Crippen LogP contribution in [0.25, 0.3) is 0 Å². The van der Waals surface area contributed by atoms with E-state index in [2.05, 4.69) is 15.9 Å². The summed E-state index contributed by atoms with van der Waals surface area (Å²) < 4.78 is 0.870. The van der Waals surface area contributed by atoms with Crippen molar-refractivity contribution in [3.8, 4) is 0 Å². The van der Waals surface area contributed by atoms with Crippen LogP contribution in [-0.4, -0.2) is 24.1 Å². The number of halogens is 2. The monoisotopic (exact) mass is 329 g/mol. The summed E-state index contributed by atoms with van der Waals surface area (Å²) >= 11 is 8.97. The Bertz CT molecular complexity index is 490. The van der Waals surface area contributed by atoms with Gasteiger partial charge in [-0.1, -0.05) is 22.4 Å². The Balaban J connectivity index is 2.14. The quantitative estimate of drug-likeness (QED) is 0.471. The Morgan fingerprint density at radius 1 is 1.17 bits per heavy atom. The Morgan fingerprint density at radius 2 is 1.94 bits per heavy atom. The minimum absolute atomic E-state index is 0.408. The van der Waals surface area contributed by atoms with E-state index in [0.29, 0.717) is 23.7 Å². The molecule has 0 radical (unpaired) electrons. The van der Waals surface area contributed by atoms with Gasteiger partial charge in [-0.3, -0.25) is 9.59 Å². The number of nitrogens with zero attached hydrogens (tertiary/aromatic N) is 1.